The Morgan fingerprint density at radius 2 is 1.81 bits per heavy atom. The molecule has 4 rings (SSSR count). The molecule has 0 saturated carbocycles. The number of carbonyl (C=O) groups excluding carboxylic acids is 1. The van der Waals surface area contributed by atoms with Crippen molar-refractivity contribution in [2.45, 2.75) is 26.2 Å². The number of hydrogen-bond acceptors (Lipinski definition) is 2. The summed E-state index contributed by atoms with van der Waals surface area (Å²) in [5.41, 5.74) is 4.02. The lowest BCUT2D eigenvalue weighted by Gasteiger charge is -2.18. The predicted molar refractivity (Wildman–Crippen MR) is 100 cm³/mol. The highest BCUT2D eigenvalue weighted by atomic mass is 19.1. The minimum absolute atomic E-state index is 0.126. The standard InChI is InChI=1S/C21H20FN3O/c1-4-25-18-10-7-14(11-16(18)21(2,3)20(25)26)17-12-23-19(24-17)13-5-8-15(22)9-6-13/h5-12H,4H2,1-3H3,(H,23,24). The second kappa shape index (κ2) is 5.80. The monoisotopic (exact) mass is 349 g/mol. The maximum atomic E-state index is 13.1. The fourth-order valence-corrected chi connectivity index (χ4v) is 3.53. The molecule has 0 unspecified atom stereocenters. The summed E-state index contributed by atoms with van der Waals surface area (Å²) in [6.07, 6.45) is 1.84. The van der Waals surface area contributed by atoms with E-state index in [1.165, 1.54) is 12.1 Å². The van der Waals surface area contributed by atoms with Crippen LogP contribution in [0.2, 0.25) is 0 Å². The van der Waals surface area contributed by atoms with Gasteiger partial charge in [-0.1, -0.05) is 6.07 Å². The quantitative estimate of drug-likeness (QED) is 0.755. The number of amides is 1. The van der Waals surface area contributed by atoms with Crippen LogP contribution in [0, 0.1) is 5.82 Å². The van der Waals surface area contributed by atoms with Gasteiger partial charge in [0, 0.05) is 29.6 Å². The van der Waals surface area contributed by atoms with E-state index in [4.69, 9.17) is 0 Å². The van der Waals surface area contributed by atoms with Gasteiger partial charge in [-0.15, -0.1) is 0 Å². The van der Waals surface area contributed by atoms with Gasteiger partial charge in [0.2, 0.25) is 5.91 Å². The molecule has 1 N–H and O–H groups in total. The fourth-order valence-electron chi connectivity index (χ4n) is 3.53. The lowest BCUT2D eigenvalue weighted by atomic mass is 9.85. The second-order valence-corrected chi connectivity index (χ2v) is 7.05. The van der Waals surface area contributed by atoms with Crippen LogP contribution in [0.1, 0.15) is 26.3 Å². The molecule has 0 fully saturated rings. The highest BCUT2D eigenvalue weighted by Gasteiger charge is 2.43. The van der Waals surface area contributed by atoms with E-state index in [9.17, 15) is 9.18 Å². The van der Waals surface area contributed by atoms with E-state index in [2.05, 4.69) is 9.97 Å². The Morgan fingerprint density at radius 1 is 1.12 bits per heavy atom. The van der Waals surface area contributed by atoms with Crippen LogP contribution in [0.5, 0.6) is 0 Å². The van der Waals surface area contributed by atoms with E-state index in [-0.39, 0.29) is 11.7 Å². The lowest BCUT2D eigenvalue weighted by molar-refractivity contribution is -0.122. The molecule has 1 aliphatic rings. The Balaban J connectivity index is 1.74. The zero-order chi connectivity index (χ0) is 18.5. The fraction of sp³-hybridized carbons (Fsp3) is 0.238. The van der Waals surface area contributed by atoms with Gasteiger partial charge in [0.25, 0.3) is 0 Å². The van der Waals surface area contributed by atoms with E-state index >= 15 is 0 Å². The number of imidazole rings is 1. The summed E-state index contributed by atoms with van der Waals surface area (Å²) in [6, 6.07) is 12.3. The number of rotatable bonds is 3. The van der Waals surface area contributed by atoms with Crippen molar-refractivity contribution in [2.75, 3.05) is 11.4 Å². The van der Waals surface area contributed by atoms with Gasteiger partial charge < -0.3 is 9.88 Å². The highest BCUT2D eigenvalue weighted by Crippen LogP contribution is 2.43. The molecule has 0 radical (unpaired) electrons. The summed E-state index contributed by atoms with van der Waals surface area (Å²) < 4.78 is 13.1. The molecule has 0 spiro atoms. The number of aromatic nitrogens is 2. The van der Waals surface area contributed by atoms with E-state index < -0.39 is 5.41 Å². The van der Waals surface area contributed by atoms with Gasteiger partial charge in [0.1, 0.15) is 11.6 Å². The van der Waals surface area contributed by atoms with Crippen molar-refractivity contribution in [1.29, 1.82) is 0 Å². The third-order valence-electron chi connectivity index (χ3n) is 5.05. The maximum Gasteiger partial charge on any atom is 0.237 e. The van der Waals surface area contributed by atoms with Crippen molar-refractivity contribution in [3.63, 3.8) is 0 Å². The molecule has 4 nitrogen and oxygen atoms in total. The molecule has 132 valence electrons. The van der Waals surface area contributed by atoms with Crippen molar-refractivity contribution in [3.8, 4) is 22.6 Å². The first-order chi connectivity index (χ1) is 12.4. The summed E-state index contributed by atoms with van der Waals surface area (Å²) in [5, 5.41) is 0. The van der Waals surface area contributed by atoms with E-state index in [1.807, 2.05) is 50.1 Å². The third-order valence-corrected chi connectivity index (χ3v) is 5.05. The number of halogens is 1. The first-order valence-corrected chi connectivity index (χ1v) is 8.70. The SMILES string of the molecule is CCN1C(=O)C(C)(C)c2cc(-c3c[nH]c(-c4ccc(F)cc4)n3)ccc21. The first-order valence-electron chi connectivity index (χ1n) is 8.70. The van der Waals surface area contributed by atoms with Gasteiger partial charge in [-0.2, -0.15) is 0 Å². The highest BCUT2D eigenvalue weighted by molar-refractivity contribution is 6.08. The number of nitrogens with one attached hydrogen (secondary N) is 1. The van der Waals surface area contributed by atoms with Gasteiger partial charge in [-0.05, 0) is 62.7 Å². The molecule has 0 aliphatic carbocycles. The average molecular weight is 349 g/mol. The van der Waals surface area contributed by atoms with Crippen LogP contribution < -0.4 is 4.90 Å². The van der Waals surface area contributed by atoms with Crippen LogP contribution in [-0.2, 0) is 10.2 Å². The van der Waals surface area contributed by atoms with Gasteiger partial charge in [0.15, 0.2) is 0 Å². The number of likely N-dealkylation sites (N-methyl/N-ethyl adjacent to an activating group) is 1. The number of aromatic amines is 1. The average Bonchev–Trinajstić information content (AvgIpc) is 3.19. The molecule has 0 saturated heterocycles. The Morgan fingerprint density at radius 3 is 2.50 bits per heavy atom. The summed E-state index contributed by atoms with van der Waals surface area (Å²) in [7, 11) is 0. The minimum atomic E-state index is -0.544. The van der Waals surface area contributed by atoms with Crippen LogP contribution >= 0.6 is 0 Å². The van der Waals surface area contributed by atoms with Crippen molar-refractivity contribution in [1.82, 2.24) is 9.97 Å². The molecule has 3 aromatic rings. The summed E-state index contributed by atoms with van der Waals surface area (Å²) in [4.78, 5) is 22.3. The third kappa shape index (κ3) is 2.43. The molecule has 1 amide bonds. The summed E-state index contributed by atoms with van der Waals surface area (Å²) in [6.45, 7) is 6.57. The lowest BCUT2D eigenvalue weighted by Crippen LogP contribution is -2.35. The molecule has 5 heteroatoms. The molecule has 0 atom stereocenters. The number of nitrogens with zero attached hydrogens (tertiary/aromatic N) is 2. The predicted octanol–water partition coefficient (Wildman–Crippen LogP) is 4.53. The molecule has 2 heterocycles. The molecule has 1 aromatic heterocycles. The normalized spacial score (nSPS) is 15.4. The number of H-pyrrole nitrogens is 1. The molecular weight excluding hydrogens is 329 g/mol. The van der Waals surface area contributed by atoms with Crippen molar-refractivity contribution < 1.29 is 9.18 Å². The molecule has 2 aromatic carbocycles. The second-order valence-electron chi connectivity index (χ2n) is 7.05. The zero-order valence-electron chi connectivity index (χ0n) is 15.0. The number of fused-ring (bicyclic) bond motifs is 1. The number of carbonyl (C=O) groups is 1. The topological polar surface area (TPSA) is 49.0 Å². The van der Waals surface area contributed by atoms with Crippen molar-refractivity contribution in [2.24, 2.45) is 0 Å². The molecule has 26 heavy (non-hydrogen) atoms. The minimum Gasteiger partial charge on any atom is -0.344 e. The number of benzene rings is 2. The molecule has 1 aliphatic heterocycles. The van der Waals surface area contributed by atoms with Gasteiger partial charge in [-0.25, -0.2) is 9.37 Å². The van der Waals surface area contributed by atoms with Gasteiger partial charge in [0.05, 0.1) is 11.1 Å². The Bertz CT molecular complexity index is 989. The van der Waals surface area contributed by atoms with Crippen molar-refractivity contribution >= 4 is 11.6 Å². The van der Waals surface area contributed by atoms with Crippen LogP contribution in [0.4, 0.5) is 10.1 Å². The van der Waals surface area contributed by atoms with Crippen LogP contribution in [0.25, 0.3) is 22.6 Å². The van der Waals surface area contributed by atoms with E-state index in [0.717, 1.165) is 28.1 Å². The Kier molecular flexibility index (Phi) is 3.68. The largest absolute Gasteiger partial charge is 0.344 e. The Labute approximate surface area is 151 Å². The van der Waals surface area contributed by atoms with Crippen LogP contribution in [-0.4, -0.2) is 22.4 Å². The Hall–Kier alpha value is -2.95. The van der Waals surface area contributed by atoms with Crippen molar-refractivity contribution in [3.05, 3.63) is 60.0 Å². The van der Waals surface area contributed by atoms with Crippen LogP contribution in [0.3, 0.4) is 0 Å². The summed E-state index contributed by atoms with van der Waals surface area (Å²) >= 11 is 0. The van der Waals surface area contributed by atoms with E-state index in [1.54, 1.807) is 12.1 Å². The first kappa shape index (κ1) is 16.5. The number of anilines is 1. The summed E-state index contributed by atoms with van der Waals surface area (Å²) in [5.74, 6) is 0.540. The van der Waals surface area contributed by atoms with E-state index in [0.29, 0.717) is 12.4 Å². The zero-order valence-corrected chi connectivity index (χ0v) is 15.0. The molecule has 0 bridgehead atoms. The smallest absolute Gasteiger partial charge is 0.237 e. The number of hydrogen-bond donors (Lipinski definition) is 1. The van der Waals surface area contributed by atoms with Gasteiger partial charge >= 0.3 is 0 Å². The molecular formula is C21H20FN3O. The maximum absolute atomic E-state index is 13.1. The van der Waals surface area contributed by atoms with Crippen LogP contribution in [0.15, 0.2) is 48.7 Å². The van der Waals surface area contributed by atoms with Gasteiger partial charge in [-0.3, -0.25) is 4.79 Å².